The summed E-state index contributed by atoms with van der Waals surface area (Å²) in [5, 5.41) is 4.75. The normalized spacial score (nSPS) is 12.3. The molecule has 2 aromatic heterocycles. The van der Waals surface area contributed by atoms with E-state index in [2.05, 4.69) is 29.1 Å². The van der Waals surface area contributed by atoms with Gasteiger partial charge in [-0.05, 0) is 42.2 Å². The van der Waals surface area contributed by atoms with Gasteiger partial charge >= 0.3 is 0 Å². The van der Waals surface area contributed by atoms with Crippen molar-refractivity contribution in [2.24, 2.45) is 5.92 Å². The Bertz CT molecular complexity index is 912. The van der Waals surface area contributed by atoms with Crippen LogP contribution in [0.3, 0.4) is 0 Å². The van der Waals surface area contributed by atoms with Gasteiger partial charge < -0.3 is 5.32 Å². The van der Waals surface area contributed by atoms with Crippen molar-refractivity contribution in [3.05, 3.63) is 65.3 Å². The molecule has 0 aliphatic heterocycles. The van der Waals surface area contributed by atoms with E-state index in [1.807, 2.05) is 48.5 Å². The predicted molar refractivity (Wildman–Crippen MR) is 111 cm³/mol. The number of halogens is 1. The third kappa shape index (κ3) is 5.51. The lowest BCUT2D eigenvalue weighted by atomic mass is 9.97. The third-order valence-corrected chi connectivity index (χ3v) is 4.69. The van der Waals surface area contributed by atoms with E-state index in [0.717, 1.165) is 17.4 Å². The second-order valence-corrected chi connectivity index (χ2v) is 7.55. The van der Waals surface area contributed by atoms with E-state index in [-0.39, 0.29) is 11.8 Å². The SMILES string of the molecule is CC(C)CCC(=O)CC(Nc1ccc2ccc(Cl)nc2n1)c1ccccc1. The minimum Gasteiger partial charge on any atom is -0.363 e. The molecule has 1 unspecified atom stereocenters. The minimum atomic E-state index is -0.130. The van der Waals surface area contributed by atoms with Gasteiger partial charge in [-0.15, -0.1) is 0 Å². The summed E-state index contributed by atoms with van der Waals surface area (Å²) in [6.45, 7) is 4.27. The fourth-order valence-corrected chi connectivity index (χ4v) is 3.09. The monoisotopic (exact) mass is 381 g/mol. The molecular weight excluding hydrogens is 358 g/mol. The first-order valence-electron chi connectivity index (χ1n) is 9.28. The number of Topliss-reactive ketones (excluding diaryl/α,β-unsaturated/α-hetero) is 1. The van der Waals surface area contributed by atoms with Gasteiger partial charge in [-0.25, -0.2) is 9.97 Å². The Balaban J connectivity index is 1.81. The van der Waals surface area contributed by atoms with Crippen molar-refractivity contribution in [3.63, 3.8) is 0 Å². The minimum absolute atomic E-state index is 0.130. The number of hydrogen-bond acceptors (Lipinski definition) is 4. The molecule has 0 radical (unpaired) electrons. The number of fused-ring (bicyclic) bond motifs is 1. The first-order chi connectivity index (χ1) is 13.0. The van der Waals surface area contributed by atoms with Gasteiger partial charge in [0.1, 0.15) is 16.8 Å². The molecular formula is C22H24ClN3O. The number of hydrogen-bond donors (Lipinski definition) is 1. The highest BCUT2D eigenvalue weighted by Crippen LogP contribution is 2.25. The number of benzene rings is 1. The van der Waals surface area contributed by atoms with Gasteiger partial charge in [0, 0.05) is 18.2 Å². The van der Waals surface area contributed by atoms with Crippen LogP contribution in [-0.2, 0) is 4.79 Å². The maximum atomic E-state index is 12.5. The largest absolute Gasteiger partial charge is 0.363 e. The standard InChI is InChI=1S/C22H24ClN3O/c1-15(2)8-11-18(27)14-19(16-6-4-3-5-7-16)24-21-13-10-17-9-12-20(23)25-22(17)26-21/h3-7,9-10,12-13,15,19H,8,11,14H2,1-2H3,(H,24,25,26). The van der Waals surface area contributed by atoms with Gasteiger partial charge in [-0.3, -0.25) is 4.79 Å². The second-order valence-electron chi connectivity index (χ2n) is 7.16. The van der Waals surface area contributed by atoms with Crippen LogP contribution in [0.4, 0.5) is 5.82 Å². The number of pyridine rings is 2. The van der Waals surface area contributed by atoms with Crippen molar-refractivity contribution in [2.75, 3.05) is 5.32 Å². The van der Waals surface area contributed by atoms with E-state index in [0.29, 0.717) is 35.4 Å². The summed E-state index contributed by atoms with van der Waals surface area (Å²) >= 11 is 5.99. The lowest BCUT2D eigenvalue weighted by molar-refractivity contribution is -0.119. The fourth-order valence-electron chi connectivity index (χ4n) is 2.95. The zero-order valence-electron chi connectivity index (χ0n) is 15.7. The number of carbonyl (C=O) groups is 1. The van der Waals surface area contributed by atoms with Gasteiger partial charge in [0.15, 0.2) is 5.65 Å². The maximum Gasteiger partial charge on any atom is 0.163 e. The molecule has 1 atom stereocenters. The number of nitrogens with one attached hydrogen (secondary N) is 1. The number of rotatable bonds is 8. The molecule has 0 fully saturated rings. The highest BCUT2D eigenvalue weighted by molar-refractivity contribution is 6.29. The van der Waals surface area contributed by atoms with Crippen molar-refractivity contribution in [1.82, 2.24) is 9.97 Å². The molecule has 0 bridgehead atoms. The van der Waals surface area contributed by atoms with Crippen LogP contribution < -0.4 is 5.32 Å². The van der Waals surface area contributed by atoms with Crippen molar-refractivity contribution in [2.45, 2.75) is 39.2 Å². The van der Waals surface area contributed by atoms with E-state index in [4.69, 9.17) is 11.6 Å². The Kier molecular flexibility index (Phi) is 6.40. The van der Waals surface area contributed by atoms with Gasteiger partial charge in [-0.2, -0.15) is 0 Å². The van der Waals surface area contributed by atoms with Crippen molar-refractivity contribution in [1.29, 1.82) is 0 Å². The zero-order chi connectivity index (χ0) is 19.2. The molecule has 140 valence electrons. The summed E-state index contributed by atoms with van der Waals surface area (Å²) < 4.78 is 0. The molecule has 0 saturated heterocycles. The van der Waals surface area contributed by atoms with Crippen LogP contribution in [0, 0.1) is 5.92 Å². The van der Waals surface area contributed by atoms with Crippen LogP contribution in [0.5, 0.6) is 0 Å². The highest BCUT2D eigenvalue weighted by atomic mass is 35.5. The molecule has 0 saturated carbocycles. The summed E-state index contributed by atoms with van der Waals surface area (Å²) in [4.78, 5) is 21.3. The van der Waals surface area contributed by atoms with Crippen LogP contribution in [0.2, 0.25) is 5.15 Å². The number of ketones is 1. The van der Waals surface area contributed by atoms with E-state index in [9.17, 15) is 4.79 Å². The van der Waals surface area contributed by atoms with Gasteiger partial charge in [0.25, 0.3) is 0 Å². The average Bonchev–Trinajstić information content (AvgIpc) is 2.66. The summed E-state index contributed by atoms with van der Waals surface area (Å²) in [6, 6.07) is 17.4. The van der Waals surface area contributed by atoms with Gasteiger partial charge in [0.05, 0.1) is 6.04 Å². The number of carbonyl (C=O) groups excluding carboxylic acids is 1. The summed E-state index contributed by atoms with van der Waals surface area (Å²) in [6.07, 6.45) is 1.95. The van der Waals surface area contributed by atoms with E-state index >= 15 is 0 Å². The lowest BCUT2D eigenvalue weighted by Crippen LogP contribution is -2.16. The molecule has 3 rings (SSSR count). The molecule has 4 nitrogen and oxygen atoms in total. The third-order valence-electron chi connectivity index (χ3n) is 4.47. The van der Waals surface area contributed by atoms with Crippen molar-refractivity contribution >= 4 is 34.2 Å². The fraction of sp³-hybridized carbons (Fsp3) is 0.318. The molecule has 0 spiro atoms. The maximum absolute atomic E-state index is 12.5. The Hall–Kier alpha value is -2.46. The number of aromatic nitrogens is 2. The van der Waals surface area contributed by atoms with Crippen LogP contribution in [-0.4, -0.2) is 15.8 Å². The van der Waals surface area contributed by atoms with E-state index in [1.165, 1.54) is 0 Å². The van der Waals surface area contributed by atoms with Crippen LogP contribution in [0.15, 0.2) is 54.6 Å². The first kappa shape index (κ1) is 19.3. The quantitative estimate of drug-likeness (QED) is 0.498. The Morgan fingerprint density at radius 2 is 1.78 bits per heavy atom. The van der Waals surface area contributed by atoms with E-state index < -0.39 is 0 Å². The zero-order valence-corrected chi connectivity index (χ0v) is 16.4. The topological polar surface area (TPSA) is 54.9 Å². The van der Waals surface area contributed by atoms with Gasteiger partial charge in [-0.1, -0.05) is 55.8 Å². The molecule has 0 aliphatic carbocycles. The molecule has 0 amide bonds. The molecule has 27 heavy (non-hydrogen) atoms. The summed E-state index contributed by atoms with van der Waals surface area (Å²) in [5.74, 6) is 1.46. The lowest BCUT2D eigenvalue weighted by Gasteiger charge is -2.20. The van der Waals surface area contributed by atoms with Crippen molar-refractivity contribution < 1.29 is 4.79 Å². The van der Waals surface area contributed by atoms with Crippen LogP contribution >= 0.6 is 11.6 Å². The number of anilines is 1. The molecule has 2 heterocycles. The van der Waals surface area contributed by atoms with E-state index in [1.54, 1.807) is 6.07 Å². The highest BCUT2D eigenvalue weighted by Gasteiger charge is 2.17. The average molecular weight is 382 g/mol. The molecule has 5 heteroatoms. The second kappa shape index (κ2) is 8.96. The summed E-state index contributed by atoms with van der Waals surface area (Å²) in [7, 11) is 0. The van der Waals surface area contributed by atoms with Crippen LogP contribution in [0.1, 0.15) is 44.7 Å². The Labute approximate surface area is 165 Å². The molecule has 3 aromatic rings. The van der Waals surface area contributed by atoms with Gasteiger partial charge in [0.2, 0.25) is 0 Å². The predicted octanol–water partition coefficient (Wildman–Crippen LogP) is 5.83. The molecule has 1 N–H and O–H groups in total. The number of nitrogens with zero attached hydrogens (tertiary/aromatic N) is 2. The van der Waals surface area contributed by atoms with Crippen molar-refractivity contribution in [3.8, 4) is 0 Å². The smallest absolute Gasteiger partial charge is 0.163 e. The molecule has 0 aliphatic rings. The Morgan fingerprint density at radius 3 is 2.52 bits per heavy atom. The van der Waals surface area contributed by atoms with Crippen LogP contribution in [0.25, 0.3) is 11.0 Å². The first-order valence-corrected chi connectivity index (χ1v) is 9.65. The Morgan fingerprint density at radius 1 is 1.04 bits per heavy atom. The summed E-state index contributed by atoms with van der Waals surface area (Å²) in [5.41, 5.74) is 1.65. The molecule has 1 aromatic carbocycles.